The first-order valence-corrected chi connectivity index (χ1v) is 5.62. The molecule has 1 heterocycles. The smallest absolute Gasteiger partial charge is 0.297 e. The minimum atomic E-state index is -0.546. The van der Waals surface area contributed by atoms with Gasteiger partial charge in [0.15, 0.2) is 5.58 Å². The van der Waals surface area contributed by atoms with Crippen LogP contribution in [0.4, 0.5) is 11.7 Å². The molecular weight excluding hydrogens is 268 g/mol. The number of nitrogens with two attached hydrogens (primary N) is 1. The summed E-state index contributed by atoms with van der Waals surface area (Å²) in [6.07, 6.45) is 0. The van der Waals surface area contributed by atoms with Crippen molar-refractivity contribution < 1.29 is 9.21 Å². The van der Waals surface area contributed by atoms with E-state index in [1.165, 1.54) is 0 Å². The fraction of sp³-hybridized carbons (Fsp3) is 0.333. The van der Waals surface area contributed by atoms with E-state index in [1.807, 2.05) is 14.1 Å². The number of oxazole rings is 1. The standard InChI is InChI=1S/C12H16N4O2.ClH/c1-7(13)11(17)14-8-4-5-10-9(6-8)15-12(18-10)16(2)3;/h4-7H,13H2,1-3H3,(H,14,17);1H. The zero-order valence-corrected chi connectivity index (χ0v) is 11.8. The highest BCUT2D eigenvalue weighted by Crippen LogP contribution is 2.23. The lowest BCUT2D eigenvalue weighted by molar-refractivity contribution is -0.117. The number of hydrogen-bond donors (Lipinski definition) is 2. The molecule has 0 saturated carbocycles. The van der Waals surface area contributed by atoms with Gasteiger partial charge in [-0.15, -0.1) is 12.4 Å². The van der Waals surface area contributed by atoms with Crippen molar-refractivity contribution in [2.24, 2.45) is 5.73 Å². The van der Waals surface area contributed by atoms with E-state index in [0.717, 1.165) is 0 Å². The van der Waals surface area contributed by atoms with Crippen molar-refractivity contribution in [3.8, 4) is 0 Å². The van der Waals surface area contributed by atoms with E-state index in [-0.39, 0.29) is 18.3 Å². The molecule has 0 radical (unpaired) electrons. The third-order valence-electron chi connectivity index (χ3n) is 2.44. The average Bonchev–Trinajstić information content (AvgIpc) is 2.71. The van der Waals surface area contributed by atoms with Crippen molar-refractivity contribution in [3.05, 3.63) is 18.2 Å². The molecule has 0 aliphatic rings. The number of carbonyl (C=O) groups is 1. The zero-order chi connectivity index (χ0) is 13.3. The molecule has 3 N–H and O–H groups in total. The van der Waals surface area contributed by atoms with Gasteiger partial charge in [-0.05, 0) is 25.1 Å². The Morgan fingerprint density at radius 3 is 2.74 bits per heavy atom. The number of nitrogens with zero attached hydrogens (tertiary/aromatic N) is 2. The number of benzene rings is 1. The Labute approximate surface area is 117 Å². The van der Waals surface area contributed by atoms with Crippen LogP contribution in [0, 0.1) is 0 Å². The number of aromatic nitrogens is 1. The number of nitrogens with one attached hydrogen (secondary N) is 1. The number of amides is 1. The average molecular weight is 285 g/mol. The van der Waals surface area contributed by atoms with E-state index in [9.17, 15) is 4.79 Å². The fourth-order valence-electron chi connectivity index (χ4n) is 1.44. The van der Waals surface area contributed by atoms with E-state index in [0.29, 0.717) is 22.8 Å². The number of anilines is 2. The number of rotatable bonds is 3. The normalized spacial score (nSPS) is 11.8. The lowest BCUT2D eigenvalue weighted by Crippen LogP contribution is -2.32. The summed E-state index contributed by atoms with van der Waals surface area (Å²) in [7, 11) is 3.70. The molecule has 7 heteroatoms. The summed E-state index contributed by atoms with van der Waals surface area (Å²) in [6.45, 7) is 1.63. The summed E-state index contributed by atoms with van der Waals surface area (Å²) in [5, 5.41) is 2.71. The maximum absolute atomic E-state index is 11.5. The SMILES string of the molecule is CC(N)C(=O)Nc1ccc2oc(N(C)C)nc2c1.Cl. The molecule has 1 aromatic carbocycles. The lowest BCUT2D eigenvalue weighted by Gasteiger charge is -2.06. The van der Waals surface area contributed by atoms with Crippen LogP contribution >= 0.6 is 12.4 Å². The Morgan fingerprint density at radius 1 is 1.47 bits per heavy atom. The maximum atomic E-state index is 11.5. The van der Waals surface area contributed by atoms with Crippen molar-refractivity contribution in [3.63, 3.8) is 0 Å². The Balaban J connectivity index is 0.00000180. The van der Waals surface area contributed by atoms with E-state index in [1.54, 1.807) is 30.0 Å². The van der Waals surface area contributed by atoms with Gasteiger partial charge in [-0.3, -0.25) is 4.79 Å². The minimum absolute atomic E-state index is 0. The number of fused-ring (bicyclic) bond motifs is 1. The Morgan fingerprint density at radius 2 is 2.16 bits per heavy atom. The third kappa shape index (κ3) is 3.36. The predicted octanol–water partition coefficient (Wildman–Crippen LogP) is 1.60. The monoisotopic (exact) mass is 284 g/mol. The molecule has 1 aromatic heterocycles. The molecule has 1 amide bonds. The first-order valence-electron chi connectivity index (χ1n) is 5.62. The van der Waals surface area contributed by atoms with Crippen LogP contribution in [0.25, 0.3) is 11.1 Å². The molecule has 0 fully saturated rings. The minimum Gasteiger partial charge on any atom is -0.423 e. The van der Waals surface area contributed by atoms with Crippen molar-refractivity contribution in [1.29, 1.82) is 0 Å². The van der Waals surface area contributed by atoms with E-state index in [2.05, 4.69) is 10.3 Å². The fourth-order valence-corrected chi connectivity index (χ4v) is 1.44. The second-order valence-corrected chi connectivity index (χ2v) is 4.35. The van der Waals surface area contributed by atoms with Gasteiger partial charge in [0, 0.05) is 19.8 Å². The molecule has 2 aromatic rings. The van der Waals surface area contributed by atoms with Crippen molar-refractivity contribution in [1.82, 2.24) is 4.98 Å². The van der Waals surface area contributed by atoms with Gasteiger partial charge in [-0.25, -0.2) is 0 Å². The molecule has 1 unspecified atom stereocenters. The van der Waals surface area contributed by atoms with Crippen LogP contribution < -0.4 is 16.0 Å². The number of hydrogen-bond acceptors (Lipinski definition) is 5. The largest absolute Gasteiger partial charge is 0.423 e. The summed E-state index contributed by atoms with van der Waals surface area (Å²) < 4.78 is 5.51. The summed E-state index contributed by atoms with van der Waals surface area (Å²) in [4.78, 5) is 17.6. The van der Waals surface area contributed by atoms with Gasteiger partial charge in [0.1, 0.15) is 5.52 Å². The molecule has 2 rings (SSSR count). The maximum Gasteiger partial charge on any atom is 0.297 e. The lowest BCUT2D eigenvalue weighted by atomic mass is 10.2. The van der Waals surface area contributed by atoms with Crippen LogP contribution in [0.15, 0.2) is 22.6 Å². The Bertz CT molecular complexity index is 580. The highest BCUT2D eigenvalue weighted by Gasteiger charge is 2.10. The van der Waals surface area contributed by atoms with E-state index >= 15 is 0 Å². The molecule has 0 spiro atoms. The van der Waals surface area contributed by atoms with Crippen molar-refractivity contribution in [2.45, 2.75) is 13.0 Å². The van der Waals surface area contributed by atoms with Gasteiger partial charge in [-0.1, -0.05) is 0 Å². The molecule has 104 valence electrons. The van der Waals surface area contributed by atoms with Crippen LogP contribution in [0.1, 0.15) is 6.92 Å². The van der Waals surface area contributed by atoms with Crippen molar-refractivity contribution in [2.75, 3.05) is 24.3 Å². The first-order chi connectivity index (χ1) is 8.47. The van der Waals surface area contributed by atoms with Gasteiger partial charge in [0.05, 0.1) is 6.04 Å². The molecule has 0 aliphatic heterocycles. The first kappa shape index (κ1) is 15.3. The van der Waals surface area contributed by atoms with Gasteiger partial charge in [0.25, 0.3) is 6.01 Å². The zero-order valence-electron chi connectivity index (χ0n) is 11.0. The molecule has 1 atom stereocenters. The highest BCUT2D eigenvalue weighted by atomic mass is 35.5. The van der Waals surface area contributed by atoms with Gasteiger partial charge >= 0.3 is 0 Å². The van der Waals surface area contributed by atoms with Gasteiger partial charge in [-0.2, -0.15) is 4.98 Å². The van der Waals surface area contributed by atoms with Crippen LogP contribution in [0.2, 0.25) is 0 Å². The molecule has 0 bridgehead atoms. The van der Waals surface area contributed by atoms with E-state index < -0.39 is 6.04 Å². The molecule has 0 saturated heterocycles. The molecule has 6 nitrogen and oxygen atoms in total. The van der Waals surface area contributed by atoms with Gasteiger partial charge < -0.3 is 20.4 Å². The van der Waals surface area contributed by atoms with Crippen LogP contribution in [0.3, 0.4) is 0 Å². The van der Waals surface area contributed by atoms with E-state index in [4.69, 9.17) is 10.2 Å². The summed E-state index contributed by atoms with van der Waals surface area (Å²) >= 11 is 0. The van der Waals surface area contributed by atoms with Gasteiger partial charge in [0.2, 0.25) is 5.91 Å². The van der Waals surface area contributed by atoms with Crippen molar-refractivity contribution >= 4 is 41.1 Å². The number of halogens is 1. The molecule has 0 aliphatic carbocycles. The van der Waals surface area contributed by atoms with Crippen LogP contribution in [0.5, 0.6) is 0 Å². The summed E-state index contributed by atoms with van der Waals surface area (Å²) in [5.74, 6) is -0.231. The second-order valence-electron chi connectivity index (χ2n) is 4.35. The third-order valence-corrected chi connectivity index (χ3v) is 2.44. The summed E-state index contributed by atoms with van der Waals surface area (Å²) in [6, 6.07) is 5.27. The second kappa shape index (κ2) is 5.90. The highest BCUT2D eigenvalue weighted by molar-refractivity contribution is 5.95. The predicted molar refractivity (Wildman–Crippen MR) is 77.9 cm³/mol. The van der Waals surface area contributed by atoms with Crippen LogP contribution in [-0.2, 0) is 4.79 Å². The molecule has 19 heavy (non-hydrogen) atoms. The quantitative estimate of drug-likeness (QED) is 0.894. The van der Waals surface area contributed by atoms with Crippen LogP contribution in [-0.4, -0.2) is 31.0 Å². The Hall–Kier alpha value is -1.79. The topological polar surface area (TPSA) is 84.4 Å². The molecular formula is C12H17ClN4O2. The number of carbonyl (C=O) groups excluding carboxylic acids is 1. The Kier molecular flexibility index (Phi) is 4.74. The summed E-state index contributed by atoms with van der Waals surface area (Å²) in [5.41, 5.74) is 7.52.